The van der Waals surface area contributed by atoms with E-state index in [-0.39, 0.29) is 5.82 Å². The maximum Gasteiger partial charge on any atom is 0.140 e. The van der Waals surface area contributed by atoms with Gasteiger partial charge in [-0.15, -0.1) is 11.3 Å². The second-order valence-corrected chi connectivity index (χ2v) is 7.37. The van der Waals surface area contributed by atoms with Crippen LogP contribution in [-0.4, -0.2) is 41.0 Å². The quantitative estimate of drug-likeness (QED) is 0.650. The highest BCUT2D eigenvalue weighted by Crippen LogP contribution is 2.18. The van der Waals surface area contributed by atoms with Crippen LogP contribution in [0.4, 0.5) is 10.2 Å². The molecule has 0 amide bonds. The van der Waals surface area contributed by atoms with Crippen LogP contribution < -0.4 is 9.64 Å². The Labute approximate surface area is 162 Å². The van der Waals surface area contributed by atoms with E-state index in [1.165, 1.54) is 12.1 Å². The van der Waals surface area contributed by atoms with E-state index < -0.39 is 0 Å². The minimum atomic E-state index is -0.262. The highest BCUT2D eigenvalue weighted by molar-refractivity contribution is 7.09. The molecule has 140 valence electrons. The molecule has 2 aromatic heterocycles. The molecule has 0 saturated carbocycles. The number of hydrogen-bond donors (Lipinski definition) is 0. The van der Waals surface area contributed by atoms with E-state index in [0.29, 0.717) is 12.4 Å². The standard InChI is InChI=1S/C20H21FN4OS/c21-16-4-6-18(7-5-16)26-14-20-23-17(15-27-20)13-24-9-11-25(12-10-24)19-3-1-2-8-22-19/h1-8,15H,9-14H2. The number of ether oxygens (including phenoxy) is 1. The molecule has 1 fully saturated rings. The van der Waals surface area contributed by atoms with Crippen molar-refractivity contribution in [1.29, 1.82) is 0 Å². The monoisotopic (exact) mass is 384 g/mol. The Bertz CT molecular complexity index is 848. The summed E-state index contributed by atoms with van der Waals surface area (Å²) in [5.74, 6) is 1.44. The zero-order valence-corrected chi connectivity index (χ0v) is 15.7. The molecule has 0 bridgehead atoms. The summed E-state index contributed by atoms with van der Waals surface area (Å²) in [4.78, 5) is 13.8. The fourth-order valence-corrected chi connectivity index (χ4v) is 3.76. The summed E-state index contributed by atoms with van der Waals surface area (Å²) >= 11 is 1.60. The van der Waals surface area contributed by atoms with E-state index in [4.69, 9.17) is 4.74 Å². The third kappa shape index (κ3) is 4.81. The summed E-state index contributed by atoms with van der Waals surface area (Å²) in [6.45, 7) is 5.20. The fourth-order valence-electron chi connectivity index (χ4n) is 3.07. The fraction of sp³-hybridized carbons (Fsp3) is 0.300. The Hall–Kier alpha value is -2.51. The van der Waals surface area contributed by atoms with Gasteiger partial charge in [0.25, 0.3) is 0 Å². The van der Waals surface area contributed by atoms with Crippen LogP contribution >= 0.6 is 11.3 Å². The third-order valence-corrected chi connectivity index (χ3v) is 5.38. The number of piperazine rings is 1. The van der Waals surface area contributed by atoms with Crippen LogP contribution in [0.2, 0.25) is 0 Å². The number of halogens is 1. The van der Waals surface area contributed by atoms with E-state index >= 15 is 0 Å². The number of anilines is 1. The lowest BCUT2D eigenvalue weighted by atomic mass is 10.3. The largest absolute Gasteiger partial charge is 0.486 e. The second-order valence-electron chi connectivity index (χ2n) is 6.43. The topological polar surface area (TPSA) is 41.5 Å². The Morgan fingerprint density at radius 2 is 1.85 bits per heavy atom. The van der Waals surface area contributed by atoms with Crippen LogP contribution in [-0.2, 0) is 13.2 Å². The number of benzene rings is 1. The summed E-state index contributed by atoms with van der Waals surface area (Å²) < 4.78 is 18.6. The summed E-state index contributed by atoms with van der Waals surface area (Å²) in [7, 11) is 0. The highest BCUT2D eigenvalue weighted by atomic mass is 32.1. The van der Waals surface area contributed by atoms with E-state index in [2.05, 4.69) is 31.2 Å². The van der Waals surface area contributed by atoms with Gasteiger partial charge in [-0.05, 0) is 36.4 Å². The van der Waals surface area contributed by atoms with Crippen molar-refractivity contribution in [2.24, 2.45) is 0 Å². The first kappa shape index (κ1) is 17.9. The van der Waals surface area contributed by atoms with E-state index in [0.717, 1.165) is 49.2 Å². The molecule has 4 rings (SSSR count). The van der Waals surface area contributed by atoms with Crippen molar-refractivity contribution in [1.82, 2.24) is 14.9 Å². The predicted molar refractivity (Wildman–Crippen MR) is 105 cm³/mol. The van der Waals surface area contributed by atoms with Crippen LogP contribution in [0.5, 0.6) is 5.75 Å². The van der Waals surface area contributed by atoms with E-state index in [1.54, 1.807) is 23.5 Å². The van der Waals surface area contributed by atoms with Gasteiger partial charge in [-0.2, -0.15) is 0 Å². The Morgan fingerprint density at radius 1 is 1.04 bits per heavy atom. The van der Waals surface area contributed by atoms with Crippen molar-refractivity contribution in [3.8, 4) is 5.75 Å². The molecular formula is C20H21FN4OS. The molecule has 0 aliphatic carbocycles. The van der Waals surface area contributed by atoms with E-state index in [1.807, 2.05) is 18.3 Å². The number of pyridine rings is 1. The van der Waals surface area contributed by atoms with Crippen molar-refractivity contribution in [2.75, 3.05) is 31.1 Å². The maximum atomic E-state index is 12.9. The minimum Gasteiger partial charge on any atom is -0.486 e. The normalized spacial score (nSPS) is 15.1. The van der Waals surface area contributed by atoms with Crippen molar-refractivity contribution < 1.29 is 9.13 Å². The van der Waals surface area contributed by atoms with Gasteiger partial charge in [0, 0.05) is 44.3 Å². The molecule has 1 aliphatic rings. The van der Waals surface area contributed by atoms with Gasteiger partial charge in [0.1, 0.15) is 29.0 Å². The summed E-state index contributed by atoms with van der Waals surface area (Å²) in [6, 6.07) is 12.1. The van der Waals surface area contributed by atoms with Gasteiger partial charge >= 0.3 is 0 Å². The lowest BCUT2D eigenvalue weighted by Crippen LogP contribution is -2.46. The molecule has 0 radical (unpaired) electrons. The summed E-state index contributed by atoms with van der Waals surface area (Å²) in [5, 5.41) is 3.02. The number of nitrogens with zero attached hydrogens (tertiary/aromatic N) is 4. The average Bonchev–Trinajstić information content (AvgIpc) is 3.16. The molecule has 3 aromatic rings. The number of hydrogen-bond acceptors (Lipinski definition) is 6. The van der Waals surface area contributed by atoms with Crippen LogP contribution in [0, 0.1) is 5.82 Å². The van der Waals surface area contributed by atoms with Gasteiger partial charge in [0.2, 0.25) is 0 Å². The first-order chi connectivity index (χ1) is 13.3. The molecule has 0 atom stereocenters. The van der Waals surface area contributed by atoms with Crippen LogP contribution in [0.25, 0.3) is 0 Å². The maximum absolute atomic E-state index is 12.9. The van der Waals surface area contributed by atoms with Crippen LogP contribution in [0.15, 0.2) is 54.0 Å². The lowest BCUT2D eigenvalue weighted by molar-refractivity contribution is 0.246. The summed E-state index contributed by atoms with van der Waals surface area (Å²) in [5.41, 5.74) is 1.07. The molecule has 27 heavy (non-hydrogen) atoms. The smallest absolute Gasteiger partial charge is 0.140 e. The molecule has 0 N–H and O–H groups in total. The van der Waals surface area contributed by atoms with Gasteiger partial charge in [-0.3, -0.25) is 4.90 Å². The molecule has 1 aromatic carbocycles. The van der Waals surface area contributed by atoms with Crippen molar-refractivity contribution in [2.45, 2.75) is 13.2 Å². The average molecular weight is 384 g/mol. The van der Waals surface area contributed by atoms with Crippen molar-refractivity contribution >= 4 is 17.2 Å². The number of aromatic nitrogens is 2. The van der Waals surface area contributed by atoms with Crippen LogP contribution in [0.1, 0.15) is 10.7 Å². The molecule has 5 nitrogen and oxygen atoms in total. The van der Waals surface area contributed by atoms with Gasteiger partial charge in [0.15, 0.2) is 0 Å². The Morgan fingerprint density at radius 3 is 2.59 bits per heavy atom. The van der Waals surface area contributed by atoms with Crippen LogP contribution in [0.3, 0.4) is 0 Å². The molecule has 0 spiro atoms. The number of rotatable bonds is 6. The zero-order chi connectivity index (χ0) is 18.5. The lowest BCUT2D eigenvalue weighted by Gasteiger charge is -2.35. The summed E-state index contributed by atoms with van der Waals surface area (Å²) in [6.07, 6.45) is 1.84. The van der Waals surface area contributed by atoms with Gasteiger partial charge in [-0.25, -0.2) is 14.4 Å². The van der Waals surface area contributed by atoms with E-state index in [9.17, 15) is 4.39 Å². The minimum absolute atomic E-state index is 0.262. The molecule has 1 aliphatic heterocycles. The van der Waals surface area contributed by atoms with Gasteiger partial charge in [0.05, 0.1) is 5.69 Å². The Kier molecular flexibility index (Phi) is 5.60. The Balaban J connectivity index is 1.25. The SMILES string of the molecule is Fc1ccc(OCc2nc(CN3CCN(c4ccccn4)CC3)cs2)cc1. The first-order valence-electron chi connectivity index (χ1n) is 8.96. The molecular weight excluding hydrogens is 363 g/mol. The predicted octanol–water partition coefficient (Wildman–Crippen LogP) is 3.58. The first-order valence-corrected chi connectivity index (χ1v) is 9.84. The van der Waals surface area contributed by atoms with Crippen molar-refractivity contribution in [3.05, 3.63) is 70.6 Å². The molecule has 1 saturated heterocycles. The zero-order valence-electron chi connectivity index (χ0n) is 14.9. The third-order valence-electron chi connectivity index (χ3n) is 4.51. The molecule has 3 heterocycles. The second kappa shape index (κ2) is 8.45. The molecule has 7 heteroatoms. The molecule has 0 unspecified atom stereocenters. The van der Waals surface area contributed by atoms with Crippen molar-refractivity contribution in [3.63, 3.8) is 0 Å². The number of thiazole rings is 1. The van der Waals surface area contributed by atoms with Gasteiger partial charge in [-0.1, -0.05) is 6.07 Å². The highest BCUT2D eigenvalue weighted by Gasteiger charge is 2.18. The van der Waals surface area contributed by atoms with Gasteiger partial charge < -0.3 is 9.64 Å².